The molecule has 0 aliphatic heterocycles. The second-order valence-corrected chi connectivity index (χ2v) is 12.6. The predicted molar refractivity (Wildman–Crippen MR) is 193 cm³/mol. The van der Waals surface area contributed by atoms with Gasteiger partial charge in [0.2, 0.25) is 0 Å². The lowest BCUT2D eigenvalue weighted by Crippen LogP contribution is -2.31. The Morgan fingerprint density at radius 1 is 0.419 bits per heavy atom. The quantitative estimate of drug-likeness (QED) is 0.0416. The minimum absolute atomic E-state index is 0.0917. The molecule has 3 nitrogen and oxygen atoms in total. The van der Waals surface area contributed by atoms with Crippen LogP contribution in [-0.4, -0.2) is 45.0 Å². The Morgan fingerprint density at radius 3 is 1.09 bits per heavy atom. The fraction of sp³-hybridized carbons (Fsp3) is 0.800. The first-order valence-corrected chi connectivity index (χ1v) is 18.7. The van der Waals surface area contributed by atoms with Gasteiger partial charge < -0.3 is 14.4 Å². The molecule has 0 spiro atoms. The molecule has 0 aromatic heterocycles. The number of hydrogen-bond acceptors (Lipinski definition) is 3. The highest BCUT2D eigenvalue weighted by molar-refractivity contribution is 4.93. The largest absolute Gasteiger partial charge is 0.351 e. The van der Waals surface area contributed by atoms with Crippen LogP contribution in [0, 0.1) is 0 Å². The van der Waals surface area contributed by atoms with E-state index in [-0.39, 0.29) is 6.29 Å². The van der Waals surface area contributed by atoms with Crippen LogP contribution in [-0.2, 0) is 9.47 Å². The average molecular weight is 602 g/mol. The van der Waals surface area contributed by atoms with E-state index in [2.05, 4.69) is 81.5 Å². The second-order valence-electron chi connectivity index (χ2n) is 12.6. The Hall–Kier alpha value is -1.16. The number of allylic oxidation sites excluding steroid dienone is 8. The van der Waals surface area contributed by atoms with Crippen molar-refractivity contribution in [3.05, 3.63) is 48.6 Å². The van der Waals surface area contributed by atoms with Gasteiger partial charge in [-0.1, -0.05) is 140 Å². The number of ether oxygens (including phenoxy) is 2. The monoisotopic (exact) mass is 602 g/mol. The van der Waals surface area contributed by atoms with Crippen LogP contribution in [0.3, 0.4) is 0 Å². The van der Waals surface area contributed by atoms with Gasteiger partial charge in [0.25, 0.3) is 0 Å². The molecule has 43 heavy (non-hydrogen) atoms. The van der Waals surface area contributed by atoms with Crippen LogP contribution in [0.5, 0.6) is 0 Å². The highest BCUT2D eigenvalue weighted by Gasteiger charge is 2.10. The third-order valence-corrected chi connectivity index (χ3v) is 7.81. The number of hydrogen-bond donors (Lipinski definition) is 0. The summed E-state index contributed by atoms with van der Waals surface area (Å²) in [6.07, 6.45) is 49.2. The summed E-state index contributed by atoms with van der Waals surface area (Å²) in [5.41, 5.74) is 0. The van der Waals surface area contributed by atoms with Crippen LogP contribution in [0.4, 0.5) is 0 Å². The van der Waals surface area contributed by atoms with Gasteiger partial charge in [-0.2, -0.15) is 0 Å². The van der Waals surface area contributed by atoms with Crippen LogP contribution in [0.25, 0.3) is 0 Å². The zero-order valence-electron chi connectivity index (χ0n) is 29.6. The molecule has 252 valence electrons. The molecule has 0 aromatic rings. The predicted octanol–water partition coefficient (Wildman–Crippen LogP) is 12.5. The molecule has 3 heteroatoms. The zero-order valence-corrected chi connectivity index (χ0v) is 29.6. The molecule has 0 heterocycles. The summed E-state index contributed by atoms with van der Waals surface area (Å²) >= 11 is 0. The van der Waals surface area contributed by atoms with Crippen molar-refractivity contribution in [1.29, 1.82) is 0 Å². The van der Waals surface area contributed by atoms with Gasteiger partial charge in [-0.3, -0.25) is 0 Å². The summed E-state index contributed by atoms with van der Waals surface area (Å²) in [5.74, 6) is 0. The molecule has 0 radical (unpaired) electrons. The molecular formula is C40H75NO2. The Balaban J connectivity index is 3.59. The SMILES string of the molecule is CCCCCC=CCC=CCCCCCCCCOC(CN(C)C)OCCCCCCCCC=CCC=CCCCCC. The van der Waals surface area contributed by atoms with E-state index in [0.717, 1.165) is 45.4 Å². The zero-order chi connectivity index (χ0) is 31.3. The fourth-order valence-electron chi connectivity index (χ4n) is 5.06. The van der Waals surface area contributed by atoms with Gasteiger partial charge in [-0.25, -0.2) is 0 Å². The van der Waals surface area contributed by atoms with Gasteiger partial charge in [-0.15, -0.1) is 0 Å². The van der Waals surface area contributed by atoms with Crippen molar-refractivity contribution in [2.45, 2.75) is 174 Å². The number of unbranched alkanes of at least 4 members (excludes halogenated alkanes) is 18. The van der Waals surface area contributed by atoms with Crippen molar-refractivity contribution in [2.24, 2.45) is 0 Å². The van der Waals surface area contributed by atoms with Crippen molar-refractivity contribution in [3.63, 3.8) is 0 Å². The molecule has 0 atom stereocenters. The molecule has 0 rings (SSSR count). The van der Waals surface area contributed by atoms with Crippen molar-refractivity contribution < 1.29 is 9.47 Å². The smallest absolute Gasteiger partial charge is 0.170 e. The van der Waals surface area contributed by atoms with Gasteiger partial charge in [0, 0.05) is 19.8 Å². The van der Waals surface area contributed by atoms with Crippen molar-refractivity contribution in [2.75, 3.05) is 33.9 Å². The maximum Gasteiger partial charge on any atom is 0.170 e. The first kappa shape index (κ1) is 41.8. The normalized spacial score (nSPS) is 13.2. The first-order valence-electron chi connectivity index (χ1n) is 18.7. The van der Waals surface area contributed by atoms with Crippen molar-refractivity contribution in [3.8, 4) is 0 Å². The minimum Gasteiger partial charge on any atom is -0.351 e. The molecule has 0 saturated carbocycles. The van der Waals surface area contributed by atoms with E-state index >= 15 is 0 Å². The van der Waals surface area contributed by atoms with Gasteiger partial charge >= 0.3 is 0 Å². The standard InChI is InChI=1S/C40H75NO2/c1-5-7-9-11-13-15-17-19-21-23-25-27-29-31-33-35-37-42-40(39-41(3)4)43-38-36-34-32-30-28-26-24-22-20-18-16-14-12-10-8-6-2/h13-16,19-22,40H,5-12,17-18,23-39H2,1-4H3. The van der Waals surface area contributed by atoms with E-state index in [4.69, 9.17) is 9.47 Å². The molecule has 0 aromatic carbocycles. The molecular weight excluding hydrogens is 526 g/mol. The fourth-order valence-corrected chi connectivity index (χ4v) is 5.06. The average Bonchev–Trinajstić information content (AvgIpc) is 2.99. The topological polar surface area (TPSA) is 21.7 Å². The molecule has 0 fully saturated rings. The molecule has 0 saturated heterocycles. The lowest BCUT2D eigenvalue weighted by Gasteiger charge is -2.22. The van der Waals surface area contributed by atoms with Gasteiger partial charge in [0.1, 0.15) is 0 Å². The van der Waals surface area contributed by atoms with E-state index in [1.807, 2.05) is 0 Å². The molecule has 0 aliphatic rings. The number of nitrogens with zero attached hydrogens (tertiary/aromatic N) is 1. The highest BCUT2D eigenvalue weighted by Crippen LogP contribution is 2.11. The lowest BCUT2D eigenvalue weighted by molar-refractivity contribution is -0.150. The van der Waals surface area contributed by atoms with Gasteiger partial charge in [0.05, 0.1) is 0 Å². The molecule has 0 bridgehead atoms. The summed E-state index contributed by atoms with van der Waals surface area (Å²) in [4.78, 5) is 2.17. The maximum atomic E-state index is 6.11. The highest BCUT2D eigenvalue weighted by atomic mass is 16.7. The number of rotatable bonds is 34. The second kappa shape index (κ2) is 37.0. The Kier molecular flexibility index (Phi) is 36.0. The van der Waals surface area contributed by atoms with E-state index < -0.39 is 0 Å². The van der Waals surface area contributed by atoms with Crippen LogP contribution in [0.1, 0.15) is 168 Å². The Morgan fingerprint density at radius 2 is 0.744 bits per heavy atom. The maximum absolute atomic E-state index is 6.11. The van der Waals surface area contributed by atoms with Crippen LogP contribution in [0.15, 0.2) is 48.6 Å². The third kappa shape index (κ3) is 36.9. The molecule has 0 aliphatic carbocycles. The molecule has 0 unspecified atom stereocenters. The minimum atomic E-state index is -0.0917. The van der Waals surface area contributed by atoms with Gasteiger partial charge in [-0.05, 0) is 91.1 Å². The first-order chi connectivity index (χ1) is 21.2. The van der Waals surface area contributed by atoms with E-state index in [9.17, 15) is 0 Å². The Bertz CT molecular complexity index is 586. The summed E-state index contributed by atoms with van der Waals surface area (Å²) in [7, 11) is 4.20. The van der Waals surface area contributed by atoms with Crippen LogP contribution in [0.2, 0.25) is 0 Å². The summed E-state index contributed by atoms with van der Waals surface area (Å²) < 4.78 is 12.2. The van der Waals surface area contributed by atoms with E-state index in [0.29, 0.717) is 0 Å². The van der Waals surface area contributed by atoms with E-state index in [1.165, 1.54) is 128 Å². The van der Waals surface area contributed by atoms with Crippen molar-refractivity contribution in [1.82, 2.24) is 4.90 Å². The lowest BCUT2D eigenvalue weighted by atomic mass is 10.1. The summed E-state index contributed by atoms with van der Waals surface area (Å²) in [5, 5.41) is 0. The number of likely N-dealkylation sites (N-methyl/N-ethyl adjacent to an activating group) is 1. The van der Waals surface area contributed by atoms with Crippen LogP contribution >= 0.6 is 0 Å². The molecule has 0 amide bonds. The van der Waals surface area contributed by atoms with E-state index in [1.54, 1.807) is 0 Å². The van der Waals surface area contributed by atoms with Gasteiger partial charge in [0.15, 0.2) is 6.29 Å². The van der Waals surface area contributed by atoms with Crippen LogP contribution < -0.4 is 0 Å². The third-order valence-electron chi connectivity index (χ3n) is 7.81. The molecule has 0 N–H and O–H groups in total. The summed E-state index contributed by atoms with van der Waals surface area (Å²) in [6.45, 7) is 7.00. The van der Waals surface area contributed by atoms with Crippen molar-refractivity contribution >= 4 is 0 Å². The summed E-state index contributed by atoms with van der Waals surface area (Å²) in [6, 6.07) is 0. The Labute approximate surface area is 270 Å².